The summed E-state index contributed by atoms with van der Waals surface area (Å²) in [6.45, 7) is 4.05. The van der Waals surface area contributed by atoms with Crippen molar-refractivity contribution in [2.24, 2.45) is 5.92 Å². The van der Waals surface area contributed by atoms with Crippen LogP contribution in [-0.4, -0.2) is 27.7 Å². The van der Waals surface area contributed by atoms with Crippen LogP contribution in [0.1, 0.15) is 20.3 Å². The van der Waals surface area contributed by atoms with Crippen LogP contribution < -0.4 is 0 Å². The van der Waals surface area contributed by atoms with E-state index in [0.29, 0.717) is 0 Å². The highest BCUT2D eigenvalue weighted by molar-refractivity contribution is 7.81. The Morgan fingerprint density at radius 2 is 1.86 bits per heavy atom. The molecule has 0 aromatic heterocycles. The molecule has 2 N–H and O–H groups in total. The SMILES string of the molecule is CC(C)=CCC1C(O)C=CC(O)C1S. The zero-order valence-corrected chi connectivity index (χ0v) is 9.48. The molecule has 0 aromatic rings. The molecule has 0 bridgehead atoms. The Bertz CT molecular complexity index is 244. The van der Waals surface area contributed by atoms with Crippen molar-refractivity contribution in [2.45, 2.75) is 37.7 Å². The summed E-state index contributed by atoms with van der Waals surface area (Å²) >= 11 is 4.32. The van der Waals surface area contributed by atoms with Crippen LogP contribution in [-0.2, 0) is 0 Å². The van der Waals surface area contributed by atoms with Crippen molar-refractivity contribution in [2.75, 3.05) is 0 Å². The predicted octanol–water partition coefficient (Wildman–Crippen LogP) is 1.55. The summed E-state index contributed by atoms with van der Waals surface area (Å²) < 4.78 is 0. The first kappa shape index (κ1) is 11.8. The summed E-state index contributed by atoms with van der Waals surface area (Å²) in [4.78, 5) is 0. The lowest BCUT2D eigenvalue weighted by atomic mass is 9.86. The topological polar surface area (TPSA) is 40.5 Å². The first-order valence-corrected chi connectivity index (χ1v) is 5.40. The molecule has 14 heavy (non-hydrogen) atoms. The lowest BCUT2D eigenvalue weighted by molar-refractivity contribution is 0.0993. The number of rotatable bonds is 2. The lowest BCUT2D eigenvalue weighted by Crippen LogP contribution is -2.38. The fourth-order valence-electron chi connectivity index (χ4n) is 1.59. The molecule has 0 aliphatic heterocycles. The number of hydrogen-bond donors (Lipinski definition) is 3. The van der Waals surface area contributed by atoms with Gasteiger partial charge in [-0.15, -0.1) is 0 Å². The normalized spacial score (nSPS) is 36.9. The predicted molar refractivity (Wildman–Crippen MR) is 61.5 cm³/mol. The van der Waals surface area contributed by atoms with Gasteiger partial charge in [-0.05, 0) is 20.3 Å². The van der Waals surface area contributed by atoms with E-state index >= 15 is 0 Å². The van der Waals surface area contributed by atoms with Crippen molar-refractivity contribution in [3.05, 3.63) is 23.8 Å². The minimum atomic E-state index is -0.544. The molecular formula is C11H18O2S. The molecule has 0 heterocycles. The van der Waals surface area contributed by atoms with E-state index in [0.717, 1.165) is 6.42 Å². The summed E-state index contributed by atoms with van der Waals surface area (Å²) in [7, 11) is 0. The van der Waals surface area contributed by atoms with Gasteiger partial charge in [-0.1, -0.05) is 23.8 Å². The van der Waals surface area contributed by atoms with E-state index < -0.39 is 12.2 Å². The van der Waals surface area contributed by atoms with Gasteiger partial charge in [-0.3, -0.25) is 0 Å². The van der Waals surface area contributed by atoms with E-state index in [-0.39, 0.29) is 11.2 Å². The van der Waals surface area contributed by atoms with Crippen LogP contribution in [0.4, 0.5) is 0 Å². The van der Waals surface area contributed by atoms with E-state index in [9.17, 15) is 10.2 Å². The third kappa shape index (κ3) is 2.87. The molecule has 0 amide bonds. The Morgan fingerprint density at radius 1 is 1.29 bits per heavy atom. The van der Waals surface area contributed by atoms with Crippen LogP contribution >= 0.6 is 12.6 Å². The minimum absolute atomic E-state index is 0.00762. The Labute approximate surface area is 90.7 Å². The molecule has 0 radical (unpaired) electrons. The van der Waals surface area contributed by atoms with Crippen LogP contribution in [0.15, 0.2) is 23.8 Å². The van der Waals surface area contributed by atoms with Gasteiger partial charge in [0.1, 0.15) is 0 Å². The number of hydrogen-bond acceptors (Lipinski definition) is 3. The maximum absolute atomic E-state index is 9.69. The smallest absolute Gasteiger partial charge is 0.0841 e. The van der Waals surface area contributed by atoms with Crippen LogP contribution in [0.2, 0.25) is 0 Å². The van der Waals surface area contributed by atoms with E-state index in [4.69, 9.17) is 0 Å². The van der Waals surface area contributed by atoms with Crippen LogP contribution in [0.3, 0.4) is 0 Å². The van der Waals surface area contributed by atoms with Crippen molar-refractivity contribution in [1.29, 1.82) is 0 Å². The minimum Gasteiger partial charge on any atom is -0.389 e. The van der Waals surface area contributed by atoms with Gasteiger partial charge in [0.15, 0.2) is 0 Å². The van der Waals surface area contributed by atoms with Crippen LogP contribution in [0.25, 0.3) is 0 Å². The van der Waals surface area contributed by atoms with Crippen molar-refractivity contribution in [1.82, 2.24) is 0 Å². The third-order valence-corrected chi connectivity index (χ3v) is 3.22. The highest BCUT2D eigenvalue weighted by atomic mass is 32.1. The highest BCUT2D eigenvalue weighted by Gasteiger charge is 2.31. The van der Waals surface area contributed by atoms with Crippen LogP contribution in [0, 0.1) is 5.92 Å². The molecule has 0 aromatic carbocycles. The van der Waals surface area contributed by atoms with Gasteiger partial charge in [0.25, 0.3) is 0 Å². The quantitative estimate of drug-likeness (QED) is 0.482. The number of aliphatic hydroxyl groups is 2. The van der Waals surface area contributed by atoms with Gasteiger partial charge in [0.2, 0.25) is 0 Å². The fraction of sp³-hybridized carbons (Fsp3) is 0.636. The van der Waals surface area contributed by atoms with E-state index in [2.05, 4.69) is 18.7 Å². The number of aliphatic hydroxyl groups excluding tert-OH is 2. The Kier molecular flexibility index (Phi) is 4.23. The summed E-state index contributed by atoms with van der Waals surface area (Å²) in [6.07, 6.45) is 5.07. The molecule has 4 atom stereocenters. The molecule has 0 saturated carbocycles. The fourth-order valence-corrected chi connectivity index (χ4v) is 1.99. The molecule has 80 valence electrons. The van der Waals surface area contributed by atoms with Crippen LogP contribution in [0.5, 0.6) is 0 Å². The molecular weight excluding hydrogens is 196 g/mol. The lowest BCUT2D eigenvalue weighted by Gasteiger charge is -2.31. The third-order valence-electron chi connectivity index (χ3n) is 2.53. The summed E-state index contributed by atoms with van der Waals surface area (Å²) in [5.74, 6) is 0.00762. The monoisotopic (exact) mass is 214 g/mol. The summed E-state index contributed by atoms with van der Waals surface area (Å²) in [5, 5.41) is 19.1. The zero-order chi connectivity index (χ0) is 10.7. The maximum Gasteiger partial charge on any atom is 0.0841 e. The van der Waals surface area contributed by atoms with Gasteiger partial charge in [0, 0.05) is 11.2 Å². The van der Waals surface area contributed by atoms with E-state index in [1.807, 2.05) is 13.8 Å². The molecule has 0 fully saturated rings. The second kappa shape index (κ2) is 5.01. The van der Waals surface area contributed by atoms with Crippen molar-refractivity contribution < 1.29 is 10.2 Å². The Morgan fingerprint density at radius 3 is 2.43 bits per heavy atom. The van der Waals surface area contributed by atoms with Gasteiger partial charge < -0.3 is 10.2 Å². The van der Waals surface area contributed by atoms with Gasteiger partial charge in [-0.25, -0.2) is 0 Å². The molecule has 2 nitrogen and oxygen atoms in total. The van der Waals surface area contributed by atoms with E-state index in [1.54, 1.807) is 12.2 Å². The first-order valence-electron chi connectivity index (χ1n) is 4.88. The standard InChI is InChI=1S/C11H18O2S/c1-7(2)3-4-8-9(12)5-6-10(13)11(8)14/h3,5-6,8-14H,4H2,1-2H3. The average molecular weight is 214 g/mol. The second-order valence-electron chi connectivity index (χ2n) is 4.04. The Balaban J connectivity index is 2.66. The molecule has 0 spiro atoms. The summed E-state index contributed by atoms with van der Waals surface area (Å²) in [6, 6.07) is 0. The molecule has 1 aliphatic carbocycles. The summed E-state index contributed by atoms with van der Waals surface area (Å²) in [5.41, 5.74) is 1.22. The van der Waals surface area contributed by atoms with E-state index in [1.165, 1.54) is 5.57 Å². The second-order valence-corrected chi connectivity index (χ2v) is 4.63. The van der Waals surface area contributed by atoms with Crippen molar-refractivity contribution in [3.8, 4) is 0 Å². The van der Waals surface area contributed by atoms with Gasteiger partial charge >= 0.3 is 0 Å². The molecule has 3 heteroatoms. The molecule has 0 saturated heterocycles. The number of thiol groups is 1. The molecule has 1 aliphatic rings. The molecule has 4 unspecified atom stereocenters. The van der Waals surface area contributed by atoms with Gasteiger partial charge in [-0.2, -0.15) is 12.6 Å². The largest absolute Gasteiger partial charge is 0.389 e. The van der Waals surface area contributed by atoms with Crippen molar-refractivity contribution in [3.63, 3.8) is 0 Å². The first-order chi connectivity index (χ1) is 6.52. The number of allylic oxidation sites excluding steroid dienone is 2. The van der Waals surface area contributed by atoms with Crippen molar-refractivity contribution >= 4 is 12.6 Å². The zero-order valence-electron chi connectivity index (χ0n) is 8.59. The highest BCUT2D eigenvalue weighted by Crippen LogP contribution is 2.28. The maximum atomic E-state index is 9.69. The van der Waals surface area contributed by atoms with Gasteiger partial charge in [0.05, 0.1) is 12.2 Å². The molecule has 1 rings (SSSR count). The average Bonchev–Trinajstić information content (AvgIpc) is 2.11. The Hall–Kier alpha value is -0.250.